The number of hydrogen-bond donors (Lipinski definition) is 1. The lowest BCUT2D eigenvalue weighted by Gasteiger charge is -2.34. The molecule has 0 aliphatic carbocycles. The molecule has 33 heavy (non-hydrogen) atoms. The molecule has 1 N–H and O–H groups in total. The van der Waals surface area contributed by atoms with E-state index < -0.39 is 17.5 Å². The van der Waals surface area contributed by atoms with Crippen molar-refractivity contribution in [3.8, 4) is 5.82 Å². The SMILES string of the molecule is O=C(C(=O)N1CCN(C(=O)c2ccccc2)CC1)c1c[nH]c2c(-n3ccnn3)ncc(F)c12. The van der Waals surface area contributed by atoms with Crippen molar-refractivity contribution in [2.75, 3.05) is 26.2 Å². The Morgan fingerprint density at radius 3 is 2.42 bits per heavy atom. The maximum atomic E-state index is 14.6. The Kier molecular flexibility index (Phi) is 5.13. The number of aromatic amines is 1. The first-order valence-electron chi connectivity index (χ1n) is 10.2. The van der Waals surface area contributed by atoms with E-state index in [1.54, 1.807) is 29.2 Å². The van der Waals surface area contributed by atoms with E-state index in [-0.39, 0.29) is 41.3 Å². The summed E-state index contributed by atoms with van der Waals surface area (Å²) in [5.41, 5.74) is 0.716. The molecule has 11 heteroatoms. The van der Waals surface area contributed by atoms with Crippen LogP contribution in [-0.2, 0) is 4.79 Å². The predicted octanol–water partition coefficient (Wildman–Crippen LogP) is 1.45. The average molecular weight is 447 g/mol. The van der Waals surface area contributed by atoms with Gasteiger partial charge in [0.15, 0.2) is 11.6 Å². The highest BCUT2D eigenvalue weighted by Crippen LogP contribution is 2.26. The van der Waals surface area contributed by atoms with E-state index in [0.29, 0.717) is 18.7 Å². The molecule has 1 aliphatic rings. The van der Waals surface area contributed by atoms with Gasteiger partial charge in [-0.15, -0.1) is 5.10 Å². The number of nitrogens with zero attached hydrogens (tertiary/aromatic N) is 6. The van der Waals surface area contributed by atoms with E-state index in [1.165, 1.54) is 28.2 Å². The molecule has 0 saturated carbocycles. The number of halogens is 1. The van der Waals surface area contributed by atoms with Crippen LogP contribution in [0.1, 0.15) is 20.7 Å². The minimum Gasteiger partial charge on any atom is -0.357 e. The molecule has 1 fully saturated rings. The van der Waals surface area contributed by atoms with Gasteiger partial charge in [0.2, 0.25) is 0 Å². The van der Waals surface area contributed by atoms with Crippen LogP contribution in [-0.4, -0.2) is 78.5 Å². The number of carbonyl (C=O) groups is 3. The minimum atomic E-state index is -0.835. The van der Waals surface area contributed by atoms with Crippen LogP contribution in [0.5, 0.6) is 0 Å². The molecule has 1 aliphatic heterocycles. The van der Waals surface area contributed by atoms with E-state index in [1.807, 2.05) is 6.07 Å². The molecular formula is C22H18FN7O3. The Hall–Kier alpha value is -4.41. The standard InChI is InChI=1S/C22H18FN7O3/c23-16-13-25-20(30-7-6-26-27-30)18-17(16)15(12-24-18)19(31)22(33)29-10-8-28(9-11-29)21(32)14-4-2-1-3-5-14/h1-7,12-13,24H,8-11H2. The number of carbonyl (C=O) groups excluding carboxylic acids is 3. The number of Topliss-reactive ketones (excluding diaryl/α,β-unsaturated/α-hetero) is 1. The Morgan fingerprint density at radius 1 is 1.00 bits per heavy atom. The number of aromatic nitrogens is 5. The number of H-pyrrole nitrogens is 1. The van der Waals surface area contributed by atoms with Crippen molar-refractivity contribution in [1.82, 2.24) is 34.8 Å². The van der Waals surface area contributed by atoms with Gasteiger partial charge in [-0.2, -0.15) is 0 Å². The zero-order valence-corrected chi connectivity index (χ0v) is 17.3. The van der Waals surface area contributed by atoms with Gasteiger partial charge in [-0.1, -0.05) is 23.4 Å². The van der Waals surface area contributed by atoms with Gasteiger partial charge >= 0.3 is 0 Å². The summed E-state index contributed by atoms with van der Waals surface area (Å²) in [6.45, 7) is 1.02. The summed E-state index contributed by atoms with van der Waals surface area (Å²) in [4.78, 5) is 48.4. The van der Waals surface area contributed by atoms with Crippen molar-refractivity contribution < 1.29 is 18.8 Å². The van der Waals surface area contributed by atoms with Crippen LogP contribution in [0.3, 0.4) is 0 Å². The van der Waals surface area contributed by atoms with Crippen molar-refractivity contribution in [2.45, 2.75) is 0 Å². The lowest BCUT2D eigenvalue weighted by molar-refractivity contribution is -0.127. The Balaban J connectivity index is 1.34. The first-order chi connectivity index (χ1) is 16.0. The highest BCUT2D eigenvalue weighted by Gasteiger charge is 2.31. The fraction of sp³-hybridized carbons (Fsp3) is 0.182. The molecule has 166 valence electrons. The van der Waals surface area contributed by atoms with E-state index in [2.05, 4.69) is 20.3 Å². The molecule has 2 amide bonds. The molecule has 0 spiro atoms. The van der Waals surface area contributed by atoms with Crippen LogP contribution in [0.2, 0.25) is 0 Å². The van der Waals surface area contributed by atoms with Crippen molar-refractivity contribution >= 4 is 28.5 Å². The van der Waals surface area contributed by atoms with Crippen LogP contribution in [0, 0.1) is 5.82 Å². The van der Waals surface area contributed by atoms with Gasteiger partial charge in [0.1, 0.15) is 0 Å². The predicted molar refractivity (Wildman–Crippen MR) is 114 cm³/mol. The molecule has 4 heterocycles. The van der Waals surface area contributed by atoms with Gasteiger partial charge in [-0.25, -0.2) is 14.1 Å². The summed E-state index contributed by atoms with van der Waals surface area (Å²) in [6, 6.07) is 8.87. The molecule has 0 unspecified atom stereocenters. The van der Waals surface area contributed by atoms with Crippen molar-refractivity contribution in [3.05, 3.63) is 72.1 Å². The molecular weight excluding hydrogens is 429 g/mol. The van der Waals surface area contributed by atoms with Gasteiger partial charge in [0.05, 0.1) is 35.1 Å². The van der Waals surface area contributed by atoms with E-state index in [4.69, 9.17) is 0 Å². The minimum absolute atomic E-state index is 0.0354. The normalized spacial score (nSPS) is 14.0. The molecule has 0 radical (unpaired) electrons. The molecule has 4 aromatic rings. The number of ketones is 1. The van der Waals surface area contributed by atoms with Crippen LogP contribution < -0.4 is 0 Å². The van der Waals surface area contributed by atoms with E-state index in [9.17, 15) is 18.8 Å². The number of piperazine rings is 1. The van der Waals surface area contributed by atoms with Gasteiger partial charge < -0.3 is 14.8 Å². The monoisotopic (exact) mass is 447 g/mol. The molecule has 1 aromatic carbocycles. The second-order valence-electron chi connectivity index (χ2n) is 7.51. The topological polar surface area (TPSA) is 117 Å². The quantitative estimate of drug-likeness (QED) is 0.374. The first-order valence-corrected chi connectivity index (χ1v) is 10.2. The smallest absolute Gasteiger partial charge is 0.295 e. The van der Waals surface area contributed by atoms with Crippen LogP contribution in [0.25, 0.3) is 16.7 Å². The Labute approximate surface area is 186 Å². The van der Waals surface area contributed by atoms with Crippen LogP contribution in [0.15, 0.2) is 55.1 Å². The van der Waals surface area contributed by atoms with Gasteiger partial charge in [-0.3, -0.25) is 14.4 Å². The molecule has 3 aromatic heterocycles. The number of benzene rings is 1. The summed E-state index contributed by atoms with van der Waals surface area (Å²) in [7, 11) is 0. The zero-order valence-electron chi connectivity index (χ0n) is 17.3. The van der Waals surface area contributed by atoms with E-state index in [0.717, 1.165) is 6.20 Å². The third kappa shape index (κ3) is 3.63. The summed E-state index contributed by atoms with van der Waals surface area (Å²) >= 11 is 0. The molecule has 1 saturated heterocycles. The number of rotatable bonds is 4. The fourth-order valence-electron chi connectivity index (χ4n) is 3.90. The lowest BCUT2D eigenvalue weighted by Crippen LogP contribution is -2.52. The zero-order chi connectivity index (χ0) is 22.9. The maximum Gasteiger partial charge on any atom is 0.295 e. The fourth-order valence-corrected chi connectivity index (χ4v) is 3.90. The maximum absolute atomic E-state index is 14.6. The number of amides is 2. The molecule has 0 atom stereocenters. The van der Waals surface area contributed by atoms with Crippen molar-refractivity contribution in [3.63, 3.8) is 0 Å². The first kappa shape index (κ1) is 20.5. The van der Waals surface area contributed by atoms with Gasteiger partial charge in [-0.05, 0) is 12.1 Å². The number of fused-ring (bicyclic) bond motifs is 1. The van der Waals surface area contributed by atoms with E-state index >= 15 is 0 Å². The number of pyridine rings is 1. The van der Waals surface area contributed by atoms with Gasteiger partial charge in [0, 0.05) is 37.9 Å². The molecule has 0 bridgehead atoms. The third-order valence-electron chi connectivity index (χ3n) is 5.60. The molecule has 5 rings (SSSR count). The highest BCUT2D eigenvalue weighted by atomic mass is 19.1. The van der Waals surface area contributed by atoms with Crippen molar-refractivity contribution in [2.24, 2.45) is 0 Å². The average Bonchev–Trinajstić information content (AvgIpc) is 3.55. The summed E-state index contributed by atoms with van der Waals surface area (Å²) in [6.07, 6.45) is 5.24. The van der Waals surface area contributed by atoms with Gasteiger partial charge in [0.25, 0.3) is 17.6 Å². The Bertz CT molecular complexity index is 1340. The summed E-state index contributed by atoms with van der Waals surface area (Å²) in [5, 5.41) is 7.51. The largest absolute Gasteiger partial charge is 0.357 e. The van der Waals surface area contributed by atoms with Crippen LogP contribution >= 0.6 is 0 Å². The lowest BCUT2D eigenvalue weighted by atomic mass is 10.1. The highest BCUT2D eigenvalue weighted by molar-refractivity contribution is 6.45. The third-order valence-corrected chi connectivity index (χ3v) is 5.60. The van der Waals surface area contributed by atoms with Crippen molar-refractivity contribution in [1.29, 1.82) is 0 Å². The summed E-state index contributed by atoms with van der Waals surface area (Å²) < 4.78 is 16.0. The number of nitrogens with one attached hydrogen (secondary N) is 1. The second kappa shape index (κ2) is 8.26. The number of hydrogen-bond acceptors (Lipinski definition) is 6. The summed E-state index contributed by atoms with van der Waals surface area (Å²) in [5.74, 6) is -2.19. The van der Waals surface area contributed by atoms with Crippen LogP contribution in [0.4, 0.5) is 4.39 Å². The molecule has 10 nitrogen and oxygen atoms in total. The Morgan fingerprint density at radius 2 is 1.73 bits per heavy atom. The second-order valence-corrected chi connectivity index (χ2v) is 7.51.